The van der Waals surface area contributed by atoms with Crippen molar-refractivity contribution in [1.82, 2.24) is 19.6 Å². The summed E-state index contributed by atoms with van der Waals surface area (Å²) in [5.41, 5.74) is 7.55. The van der Waals surface area contributed by atoms with Gasteiger partial charge in [0.15, 0.2) is 0 Å². The lowest BCUT2D eigenvalue weighted by Crippen LogP contribution is -2.52. The van der Waals surface area contributed by atoms with Gasteiger partial charge in [0.05, 0.1) is 24.2 Å². The molecule has 7 heteroatoms. The van der Waals surface area contributed by atoms with Gasteiger partial charge in [0.2, 0.25) is 5.91 Å². The van der Waals surface area contributed by atoms with Crippen molar-refractivity contribution < 1.29 is 9.59 Å². The molecule has 7 nitrogen and oxygen atoms in total. The number of hydrogen-bond acceptors (Lipinski definition) is 3. The van der Waals surface area contributed by atoms with Crippen LogP contribution in [0.4, 0.5) is 4.79 Å². The molecule has 25 heavy (non-hydrogen) atoms. The van der Waals surface area contributed by atoms with Crippen molar-refractivity contribution in [2.75, 3.05) is 19.6 Å². The van der Waals surface area contributed by atoms with Gasteiger partial charge >= 0.3 is 6.03 Å². The zero-order valence-corrected chi connectivity index (χ0v) is 15.3. The van der Waals surface area contributed by atoms with Gasteiger partial charge in [0, 0.05) is 25.3 Å². The summed E-state index contributed by atoms with van der Waals surface area (Å²) < 4.78 is 2.02. The maximum absolute atomic E-state index is 13.1. The number of urea groups is 1. The molecule has 2 atom stereocenters. The third-order valence-electron chi connectivity index (χ3n) is 5.48. The van der Waals surface area contributed by atoms with E-state index in [1.807, 2.05) is 16.5 Å². The Morgan fingerprint density at radius 2 is 2.00 bits per heavy atom. The highest BCUT2D eigenvalue weighted by molar-refractivity contribution is 5.81. The molecule has 0 spiro atoms. The fraction of sp³-hybridized carbons (Fsp3) is 0.722. The topological polar surface area (TPSA) is 84.5 Å². The van der Waals surface area contributed by atoms with E-state index in [0.717, 1.165) is 56.6 Å². The van der Waals surface area contributed by atoms with Crippen LogP contribution in [0.15, 0.2) is 6.07 Å². The minimum absolute atomic E-state index is 0.123. The first-order valence-corrected chi connectivity index (χ1v) is 9.31. The molecule has 2 saturated heterocycles. The van der Waals surface area contributed by atoms with Crippen LogP contribution in [0.25, 0.3) is 0 Å². The molecular weight excluding hydrogens is 318 g/mol. The van der Waals surface area contributed by atoms with Gasteiger partial charge in [-0.2, -0.15) is 5.10 Å². The number of rotatable bonds is 3. The Hall–Kier alpha value is -2.05. The van der Waals surface area contributed by atoms with E-state index in [9.17, 15) is 9.59 Å². The Morgan fingerprint density at radius 3 is 2.68 bits per heavy atom. The molecule has 3 amide bonds. The van der Waals surface area contributed by atoms with Crippen LogP contribution in [-0.2, 0) is 11.3 Å². The van der Waals surface area contributed by atoms with Gasteiger partial charge in [-0.25, -0.2) is 4.79 Å². The number of primary amides is 1. The number of likely N-dealkylation sites (tertiary alicyclic amines) is 2. The minimum atomic E-state index is -0.421. The molecule has 2 aliphatic heterocycles. The highest BCUT2D eigenvalue weighted by Crippen LogP contribution is 2.25. The van der Waals surface area contributed by atoms with E-state index < -0.39 is 6.03 Å². The van der Waals surface area contributed by atoms with Crippen LogP contribution < -0.4 is 5.73 Å². The molecule has 3 heterocycles. The van der Waals surface area contributed by atoms with Crippen molar-refractivity contribution in [3.63, 3.8) is 0 Å². The quantitative estimate of drug-likeness (QED) is 0.902. The summed E-state index contributed by atoms with van der Waals surface area (Å²) in [4.78, 5) is 28.2. The Balaban J connectivity index is 1.70. The van der Waals surface area contributed by atoms with Gasteiger partial charge in [0.25, 0.3) is 0 Å². The first kappa shape index (κ1) is 17.8. The van der Waals surface area contributed by atoms with Gasteiger partial charge in [0.1, 0.15) is 0 Å². The van der Waals surface area contributed by atoms with Crippen molar-refractivity contribution in [3.05, 3.63) is 17.5 Å². The SMILES string of the molecule is Cc1cc(C)n(C[C@@H]2CCCCN2C(=O)[C@H]2CCCN(C(N)=O)C2)n1. The summed E-state index contributed by atoms with van der Waals surface area (Å²) in [5.74, 6) is 0.0551. The van der Waals surface area contributed by atoms with Crippen LogP contribution in [0.5, 0.6) is 0 Å². The van der Waals surface area contributed by atoms with E-state index in [-0.39, 0.29) is 17.9 Å². The maximum Gasteiger partial charge on any atom is 0.314 e. The second kappa shape index (κ2) is 7.45. The average Bonchev–Trinajstić information content (AvgIpc) is 2.92. The third kappa shape index (κ3) is 3.96. The summed E-state index contributed by atoms with van der Waals surface area (Å²) in [5, 5.41) is 4.56. The molecule has 0 bridgehead atoms. The number of amides is 3. The van der Waals surface area contributed by atoms with E-state index in [2.05, 4.69) is 18.1 Å². The van der Waals surface area contributed by atoms with Crippen molar-refractivity contribution in [1.29, 1.82) is 0 Å². The van der Waals surface area contributed by atoms with E-state index in [4.69, 9.17) is 5.73 Å². The molecule has 0 saturated carbocycles. The predicted octanol–water partition coefficient (Wildman–Crippen LogP) is 1.67. The highest BCUT2D eigenvalue weighted by atomic mass is 16.2. The van der Waals surface area contributed by atoms with Crippen LogP contribution in [-0.4, -0.2) is 57.2 Å². The van der Waals surface area contributed by atoms with E-state index in [0.29, 0.717) is 13.1 Å². The van der Waals surface area contributed by atoms with Crippen LogP contribution >= 0.6 is 0 Å². The zero-order chi connectivity index (χ0) is 18.0. The van der Waals surface area contributed by atoms with Crippen molar-refractivity contribution in [2.24, 2.45) is 11.7 Å². The second-order valence-corrected chi connectivity index (χ2v) is 7.41. The molecule has 2 N–H and O–H groups in total. The molecule has 2 aliphatic rings. The normalized spacial score (nSPS) is 24.4. The summed E-state index contributed by atoms with van der Waals surface area (Å²) in [7, 11) is 0. The van der Waals surface area contributed by atoms with Crippen molar-refractivity contribution >= 4 is 11.9 Å². The van der Waals surface area contributed by atoms with Gasteiger partial charge in [-0.3, -0.25) is 9.48 Å². The van der Waals surface area contributed by atoms with Gasteiger partial charge in [-0.1, -0.05) is 0 Å². The molecule has 1 aromatic heterocycles. The van der Waals surface area contributed by atoms with Crippen LogP contribution in [0.2, 0.25) is 0 Å². The molecule has 3 rings (SSSR count). The molecule has 0 aliphatic carbocycles. The third-order valence-corrected chi connectivity index (χ3v) is 5.48. The second-order valence-electron chi connectivity index (χ2n) is 7.41. The Bertz CT molecular complexity index is 641. The largest absolute Gasteiger partial charge is 0.351 e. The first-order chi connectivity index (χ1) is 12.0. The summed E-state index contributed by atoms with van der Waals surface area (Å²) in [6.07, 6.45) is 4.88. The molecule has 0 radical (unpaired) electrons. The van der Waals surface area contributed by atoms with E-state index >= 15 is 0 Å². The van der Waals surface area contributed by atoms with Gasteiger partial charge in [-0.05, 0) is 52.0 Å². The number of aromatic nitrogens is 2. The summed E-state index contributed by atoms with van der Waals surface area (Å²) in [6.45, 7) is 6.72. The van der Waals surface area contributed by atoms with Gasteiger partial charge in [-0.15, -0.1) is 0 Å². The molecular formula is C18H29N5O2. The molecule has 1 aromatic rings. The van der Waals surface area contributed by atoms with Crippen molar-refractivity contribution in [3.8, 4) is 0 Å². The lowest BCUT2D eigenvalue weighted by molar-refractivity contribution is -0.141. The zero-order valence-electron chi connectivity index (χ0n) is 15.3. The number of carbonyl (C=O) groups is 2. The van der Waals surface area contributed by atoms with E-state index in [1.54, 1.807) is 4.90 Å². The highest BCUT2D eigenvalue weighted by Gasteiger charge is 2.35. The average molecular weight is 347 g/mol. The first-order valence-electron chi connectivity index (χ1n) is 9.31. The summed E-state index contributed by atoms with van der Waals surface area (Å²) in [6, 6.07) is 1.83. The summed E-state index contributed by atoms with van der Waals surface area (Å²) >= 11 is 0. The molecule has 0 unspecified atom stereocenters. The minimum Gasteiger partial charge on any atom is -0.351 e. The maximum atomic E-state index is 13.1. The fourth-order valence-corrected chi connectivity index (χ4v) is 4.15. The van der Waals surface area contributed by atoms with Crippen LogP contribution in [0.1, 0.15) is 43.5 Å². The van der Waals surface area contributed by atoms with E-state index in [1.165, 1.54) is 0 Å². The van der Waals surface area contributed by atoms with Gasteiger partial charge < -0.3 is 15.5 Å². The van der Waals surface area contributed by atoms with Crippen LogP contribution in [0.3, 0.4) is 0 Å². The standard InChI is InChI=1S/C18H29N5O2/c1-13-10-14(2)23(20-13)12-16-7-3-4-9-22(16)17(24)15-6-5-8-21(11-15)18(19)25/h10,15-16H,3-9,11-12H2,1-2H3,(H2,19,25)/t15-,16-/m0/s1. The predicted molar refractivity (Wildman–Crippen MR) is 94.9 cm³/mol. The molecule has 138 valence electrons. The Kier molecular flexibility index (Phi) is 5.30. The monoisotopic (exact) mass is 347 g/mol. The number of piperidine rings is 2. The van der Waals surface area contributed by atoms with Crippen molar-refractivity contribution in [2.45, 2.75) is 58.5 Å². The number of nitrogens with zero attached hydrogens (tertiary/aromatic N) is 4. The van der Waals surface area contributed by atoms with Crippen LogP contribution in [0, 0.1) is 19.8 Å². The lowest BCUT2D eigenvalue weighted by Gasteiger charge is -2.40. The number of carbonyl (C=O) groups excluding carboxylic acids is 2. The fourth-order valence-electron chi connectivity index (χ4n) is 4.15. The molecule has 2 fully saturated rings. The smallest absolute Gasteiger partial charge is 0.314 e. The Labute approximate surface area is 149 Å². The Morgan fingerprint density at radius 1 is 1.20 bits per heavy atom. The lowest BCUT2D eigenvalue weighted by atomic mass is 9.93. The number of aryl methyl sites for hydroxylation is 2. The number of nitrogens with two attached hydrogens (primary N) is 1. The number of hydrogen-bond donors (Lipinski definition) is 1. The molecule has 0 aromatic carbocycles.